The first-order chi connectivity index (χ1) is 6.87. The van der Waals surface area contributed by atoms with Crippen molar-refractivity contribution in [3.05, 3.63) is 0 Å². The highest BCUT2D eigenvalue weighted by Gasteiger charge is 2.47. The van der Waals surface area contributed by atoms with Gasteiger partial charge in [0.05, 0.1) is 12.8 Å². The van der Waals surface area contributed by atoms with E-state index in [4.69, 9.17) is 13.8 Å². The van der Waals surface area contributed by atoms with E-state index in [0.29, 0.717) is 19.4 Å². The van der Waals surface area contributed by atoms with Gasteiger partial charge in [0.1, 0.15) is 0 Å². The van der Waals surface area contributed by atoms with Gasteiger partial charge in [-0.1, -0.05) is 27.7 Å². The molecular formula is C10H21O4P. The van der Waals surface area contributed by atoms with Gasteiger partial charge in [0.15, 0.2) is 6.29 Å². The molecule has 1 rings (SSSR count). The third-order valence-corrected chi connectivity index (χ3v) is 3.83. The monoisotopic (exact) mass is 236 g/mol. The summed E-state index contributed by atoms with van der Waals surface area (Å²) in [6.07, 6.45) is 0.991. The van der Waals surface area contributed by atoms with E-state index in [-0.39, 0.29) is 11.7 Å². The van der Waals surface area contributed by atoms with Crippen LogP contribution in [0.3, 0.4) is 0 Å². The van der Waals surface area contributed by atoms with E-state index in [2.05, 4.69) is 0 Å². The Kier molecular flexibility index (Phi) is 4.36. The van der Waals surface area contributed by atoms with Gasteiger partial charge < -0.3 is 4.74 Å². The molecule has 0 spiro atoms. The van der Waals surface area contributed by atoms with E-state index >= 15 is 0 Å². The molecule has 0 aromatic rings. The molecule has 0 amide bonds. The summed E-state index contributed by atoms with van der Waals surface area (Å²) in [4.78, 5) is 0. The van der Waals surface area contributed by atoms with Crippen LogP contribution in [0.5, 0.6) is 0 Å². The number of ether oxygens (including phenoxy) is 1. The smallest absolute Gasteiger partial charge is 0.337 e. The summed E-state index contributed by atoms with van der Waals surface area (Å²) in [5.41, 5.74) is -0.113. The summed E-state index contributed by atoms with van der Waals surface area (Å²) in [7, 11) is -2.81. The summed E-state index contributed by atoms with van der Waals surface area (Å²) in [6.45, 7) is 9.16. The maximum Gasteiger partial charge on any atom is 0.337 e. The van der Waals surface area contributed by atoms with Gasteiger partial charge in [-0.2, -0.15) is 0 Å². The van der Waals surface area contributed by atoms with Gasteiger partial charge in [0.25, 0.3) is 0 Å². The van der Waals surface area contributed by atoms with E-state index in [9.17, 15) is 4.57 Å². The van der Waals surface area contributed by atoms with Crippen LogP contribution >= 0.6 is 7.60 Å². The lowest BCUT2D eigenvalue weighted by molar-refractivity contribution is -0.153. The fraction of sp³-hybridized carbons (Fsp3) is 1.00. The van der Waals surface area contributed by atoms with Gasteiger partial charge >= 0.3 is 7.60 Å². The topological polar surface area (TPSA) is 44.8 Å². The molecular weight excluding hydrogens is 215 g/mol. The van der Waals surface area contributed by atoms with Crippen LogP contribution in [0.15, 0.2) is 0 Å². The number of rotatable bonds is 5. The molecule has 0 aromatic heterocycles. The second kappa shape index (κ2) is 4.96. The van der Waals surface area contributed by atoms with E-state index < -0.39 is 7.60 Å². The summed E-state index contributed by atoms with van der Waals surface area (Å²) < 4.78 is 27.7. The molecule has 0 radical (unpaired) electrons. The van der Waals surface area contributed by atoms with Crippen LogP contribution in [0.25, 0.3) is 0 Å². The maximum atomic E-state index is 11.8. The highest BCUT2D eigenvalue weighted by Crippen LogP contribution is 2.62. The van der Waals surface area contributed by atoms with Crippen molar-refractivity contribution in [1.29, 1.82) is 0 Å². The molecule has 90 valence electrons. The SMILES string of the molecule is CCCOCCP1(=O)OC(C(C)(C)C)O1. The summed E-state index contributed by atoms with van der Waals surface area (Å²) in [5, 5.41) is 0. The molecule has 5 heteroatoms. The van der Waals surface area contributed by atoms with Crippen molar-refractivity contribution in [2.24, 2.45) is 5.41 Å². The Labute approximate surface area is 91.8 Å². The minimum atomic E-state index is -2.81. The second-order valence-electron chi connectivity index (χ2n) is 4.86. The Morgan fingerprint density at radius 3 is 2.33 bits per heavy atom. The zero-order valence-corrected chi connectivity index (χ0v) is 10.9. The van der Waals surface area contributed by atoms with Crippen molar-refractivity contribution in [3.8, 4) is 0 Å². The minimum absolute atomic E-state index is 0.113. The molecule has 0 saturated carbocycles. The van der Waals surface area contributed by atoms with E-state index in [0.717, 1.165) is 6.42 Å². The molecule has 0 aliphatic carbocycles. The largest absolute Gasteiger partial charge is 0.381 e. The fourth-order valence-electron chi connectivity index (χ4n) is 1.14. The lowest BCUT2D eigenvalue weighted by Crippen LogP contribution is -2.39. The lowest BCUT2D eigenvalue weighted by atomic mass is 9.96. The average molecular weight is 236 g/mol. The second-order valence-corrected chi connectivity index (χ2v) is 6.95. The standard InChI is InChI=1S/C10H21O4P/c1-5-6-12-7-8-15(11)13-9(14-15)10(2,3)4/h9H,5-8H2,1-4H3. The van der Waals surface area contributed by atoms with Crippen molar-refractivity contribution < 1.29 is 18.3 Å². The van der Waals surface area contributed by atoms with Crippen molar-refractivity contribution in [3.63, 3.8) is 0 Å². The zero-order chi connectivity index (χ0) is 11.5. The van der Waals surface area contributed by atoms with Crippen LogP contribution in [0.4, 0.5) is 0 Å². The van der Waals surface area contributed by atoms with Crippen molar-refractivity contribution in [1.82, 2.24) is 0 Å². The quantitative estimate of drug-likeness (QED) is 0.543. The summed E-state index contributed by atoms with van der Waals surface area (Å²) in [6, 6.07) is 0. The van der Waals surface area contributed by atoms with Gasteiger partial charge in [-0.3, -0.25) is 13.6 Å². The molecule has 4 nitrogen and oxygen atoms in total. The molecule has 1 aliphatic heterocycles. The minimum Gasteiger partial charge on any atom is -0.381 e. The molecule has 0 N–H and O–H groups in total. The molecule has 15 heavy (non-hydrogen) atoms. The molecule has 0 aromatic carbocycles. The maximum absolute atomic E-state index is 11.8. The first-order valence-electron chi connectivity index (χ1n) is 5.41. The molecule has 1 aliphatic rings. The van der Waals surface area contributed by atoms with Crippen LogP contribution in [0, 0.1) is 5.41 Å². The van der Waals surface area contributed by atoms with Crippen LogP contribution in [-0.2, 0) is 18.3 Å². The molecule has 1 fully saturated rings. The number of hydrogen-bond acceptors (Lipinski definition) is 4. The third-order valence-electron chi connectivity index (χ3n) is 2.08. The summed E-state index contributed by atoms with van der Waals surface area (Å²) in [5.74, 6) is 0. The van der Waals surface area contributed by atoms with Crippen molar-refractivity contribution >= 4 is 7.60 Å². The Morgan fingerprint density at radius 2 is 1.87 bits per heavy atom. The Morgan fingerprint density at radius 1 is 1.27 bits per heavy atom. The van der Waals surface area contributed by atoms with E-state index in [1.54, 1.807) is 0 Å². The normalized spacial score (nSPS) is 31.3. The highest BCUT2D eigenvalue weighted by atomic mass is 31.2. The van der Waals surface area contributed by atoms with Crippen LogP contribution in [0.1, 0.15) is 34.1 Å². The van der Waals surface area contributed by atoms with Crippen LogP contribution in [0.2, 0.25) is 0 Å². The molecule has 0 bridgehead atoms. The fourth-order valence-corrected chi connectivity index (χ4v) is 2.94. The van der Waals surface area contributed by atoms with Crippen molar-refractivity contribution in [2.45, 2.75) is 40.4 Å². The number of hydrogen-bond donors (Lipinski definition) is 0. The molecule has 0 atom stereocenters. The van der Waals surface area contributed by atoms with Gasteiger partial charge in [0.2, 0.25) is 0 Å². The van der Waals surface area contributed by atoms with Crippen molar-refractivity contribution in [2.75, 3.05) is 19.4 Å². The van der Waals surface area contributed by atoms with E-state index in [1.807, 2.05) is 27.7 Å². The average Bonchev–Trinajstić information content (AvgIpc) is 2.06. The van der Waals surface area contributed by atoms with Gasteiger partial charge in [-0.05, 0) is 6.42 Å². The Bertz CT molecular complexity index is 236. The zero-order valence-electron chi connectivity index (χ0n) is 9.99. The van der Waals surface area contributed by atoms with Crippen LogP contribution < -0.4 is 0 Å². The Hall–Kier alpha value is 0.110. The van der Waals surface area contributed by atoms with Gasteiger partial charge in [-0.15, -0.1) is 0 Å². The highest BCUT2D eigenvalue weighted by molar-refractivity contribution is 7.54. The van der Waals surface area contributed by atoms with E-state index in [1.165, 1.54) is 0 Å². The molecule has 0 unspecified atom stereocenters. The third kappa shape index (κ3) is 3.87. The van der Waals surface area contributed by atoms with Gasteiger partial charge in [-0.25, -0.2) is 0 Å². The first-order valence-corrected chi connectivity index (χ1v) is 7.14. The predicted molar refractivity (Wildman–Crippen MR) is 59.0 cm³/mol. The molecule has 1 saturated heterocycles. The predicted octanol–water partition coefficient (Wildman–Crippen LogP) is 3.03. The van der Waals surface area contributed by atoms with Crippen LogP contribution in [-0.4, -0.2) is 25.7 Å². The lowest BCUT2D eigenvalue weighted by Gasteiger charge is -2.42. The van der Waals surface area contributed by atoms with Gasteiger partial charge in [0, 0.05) is 12.0 Å². The summed E-state index contributed by atoms with van der Waals surface area (Å²) >= 11 is 0. The molecule has 1 heterocycles. The first kappa shape index (κ1) is 13.2. The Balaban J connectivity index is 2.20.